The zero-order valence-corrected chi connectivity index (χ0v) is 14.3. The van der Waals surface area contributed by atoms with Gasteiger partial charge >= 0.3 is 0 Å². The Bertz CT molecular complexity index is 500. The summed E-state index contributed by atoms with van der Waals surface area (Å²) in [7, 11) is 3.85. The number of nitrogens with zero attached hydrogens (tertiary/aromatic N) is 2. The number of nitrogens with one attached hydrogen (secondary N) is 1. The van der Waals surface area contributed by atoms with Crippen LogP contribution in [0.4, 0.5) is 0 Å². The van der Waals surface area contributed by atoms with Crippen LogP contribution in [0.5, 0.6) is 5.75 Å². The minimum atomic E-state index is -0.475. The zero-order valence-electron chi connectivity index (χ0n) is 14.3. The van der Waals surface area contributed by atoms with E-state index in [0.717, 1.165) is 31.9 Å². The van der Waals surface area contributed by atoms with Gasteiger partial charge in [-0.3, -0.25) is 9.79 Å². The monoisotopic (exact) mass is 320 g/mol. The number of hydrogen-bond donors (Lipinski definition) is 2. The van der Waals surface area contributed by atoms with Crippen molar-refractivity contribution in [2.75, 3.05) is 33.8 Å². The first-order valence-electron chi connectivity index (χ1n) is 7.98. The molecule has 6 heteroatoms. The highest BCUT2D eigenvalue weighted by Gasteiger charge is 2.04. The third kappa shape index (κ3) is 7.54. The first-order chi connectivity index (χ1) is 11.1. The van der Waals surface area contributed by atoms with Crippen molar-refractivity contribution < 1.29 is 9.53 Å². The topological polar surface area (TPSA) is 79.9 Å². The molecule has 6 nitrogen and oxygen atoms in total. The molecule has 128 valence electrons. The molecule has 0 saturated heterocycles. The van der Waals surface area contributed by atoms with E-state index in [1.807, 2.05) is 24.3 Å². The van der Waals surface area contributed by atoms with Crippen LogP contribution in [-0.4, -0.2) is 50.6 Å². The average molecular weight is 320 g/mol. The molecule has 0 aliphatic heterocycles. The Kier molecular flexibility index (Phi) is 8.57. The molecule has 0 heterocycles. The van der Waals surface area contributed by atoms with E-state index in [0.29, 0.717) is 5.75 Å². The molecule has 1 aromatic carbocycles. The molecular weight excluding hydrogens is 292 g/mol. The van der Waals surface area contributed by atoms with Crippen molar-refractivity contribution in [3.8, 4) is 5.75 Å². The van der Waals surface area contributed by atoms with E-state index in [1.165, 1.54) is 12.0 Å². The summed E-state index contributed by atoms with van der Waals surface area (Å²) in [5.74, 6) is 1.09. The van der Waals surface area contributed by atoms with Crippen LogP contribution in [0.25, 0.3) is 0 Å². The fourth-order valence-corrected chi connectivity index (χ4v) is 2.11. The highest BCUT2D eigenvalue weighted by atomic mass is 16.5. The number of ether oxygens (including phenoxy) is 1. The summed E-state index contributed by atoms with van der Waals surface area (Å²) in [5.41, 5.74) is 6.24. The first kappa shape index (κ1) is 18.8. The molecule has 1 amide bonds. The molecule has 0 saturated carbocycles. The summed E-state index contributed by atoms with van der Waals surface area (Å²) in [6.45, 7) is 3.90. The fraction of sp³-hybridized carbons (Fsp3) is 0.529. The van der Waals surface area contributed by atoms with Crippen molar-refractivity contribution in [1.82, 2.24) is 10.2 Å². The molecule has 0 radical (unpaired) electrons. The van der Waals surface area contributed by atoms with Crippen LogP contribution < -0.4 is 15.8 Å². The second kappa shape index (κ2) is 10.5. The SMILES string of the molecule is CCCCN(C)C(=NC)NCCc1ccc(OCC(N)=O)cc1. The van der Waals surface area contributed by atoms with Gasteiger partial charge in [0.15, 0.2) is 12.6 Å². The number of hydrogen-bond acceptors (Lipinski definition) is 3. The fourth-order valence-electron chi connectivity index (χ4n) is 2.11. The second-order valence-electron chi connectivity index (χ2n) is 5.40. The van der Waals surface area contributed by atoms with Crippen LogP contribution in [0, 0.1) is 0 Å². The molecular formula is C17H28N4O2. The molecule has 0 aromatic heterocycles. The quantitative estimate of drug-likeness (QED) is 0.532. The summed E-state index contributed by atoms with van der Waals surface area (Å²) >= 11 is 0. The van der Waals surface area contributed by atoms with E-state index in [4.69, 9.17) is 10.5 Å². The lowest BCUT2D eigenvalue weighted by molar-refractivity contribution is -0.119. The maximum atomic E-state index is 10.7. The summed E-state index contributed by atoms with van der Waals surface area (Å²) in [4.78, 5) is 17.1. The van der Waals surface area contributed by atoms with Crippen LogP contribution >= 0.6 is 0 Å². The van der Waals surface area contributed by atoms with Crippen molar-refractivity contribution in [3.63, 3.8) is 0 Å². The zero-order chi connectivity index (χ0) is 17.1. The Hall–Kier alpha value is -2.24. The molecule has 0 atom stereocenters. The third-order valence-corrected chi connectivity index (χ3v) is 3.42. The summed E-state index contributed by atoms with van der Waals surface area (Å²) in [6, 6.07) is 7.67. The Morgan fingerprint density at radius 2 is 2.04 bits per heavy atom. The van der Waals surface area contributed by atoms with Crippen molar-refractivity contribution in [3.05, 3.63) is 29.8 Å². The average Bonchev–Trinajstić information content (AvgIpc) is 2.55. The molecule has 3 N–H and O–H groups in total. The summed E-state index contributed by atoms with van der Waals surface area (Å²) in [6.07, 6.45) is 3.21. The van der Waals surface area contributed by atoms with Gasteiger partial charge in [-0.05, 0) is 30.5 Å². The molecule has 23 heavy (non-hydrogen) atoms. The minimum absolute atomic E-state index is 0.0959. The van der Waals surface area contributed by atoms with Crippen LogP contribution in [0.15, 0.2) is 29.3 Å². The Morgan fingerprint density at radius 1 is 1.35 bits per heavy atom. The van der Waals surface area contributed by atoms with Crippen LogP contribution in [-0.2, 0) is 11.2 Å². The molecule has 0 fully saturated rings. The minimum Gasteiger partial charge on any atom is -0.484 e. The molecule has 0 aliphatic carbocycles. The molecule has 1 aromatic rings. The lowest BCUT2D eigenvalue weighted by Crippen LogP contribution is -2.40. The molecule has 0 unspecified atom stereocenters. The maximum absolute atomic E-state index is 10.7. The number of amides is 1. The smallest absolute Gasteiger partial charge is 0.255 e. The normalized spacial score (nSPS) is 11.2. The molecule has 0 aliphatic rings. The third-order valence-electron chi connectivity index (χ3n) is 3.42. The predicted octanol–water partition coefficient (Wildman–Crippen LogP) is 1.40. The number of aliphatic imine (C=N–C) groups is 1. The Labute approximate surface area is 138 Å². The predicted molar refractivity (Wildman–Crippen MR) is 93.7 cm³/mol. The van der Waals surface area contributed by atoms with Crippen molar-refractivity contribution >= 4 is 11.9 Å². The van der Waals surface area contributed by atoms with E-state index in [2.05, 4.69) is 29.2 Å². The largest absolute Gasteiger partial charge is 0.484 e. The van der Waals surface area contributed by atoms with Gasteiger partial charge in [0, 0.05) is 27.2 Å². The van der Waals surface area contributed by atoms with Crippen molar-refractivity contribution in [2.45, 2.75) is 26.2 Å². The van der Waals surface area contributed by atoms with Crippen molar-refractivity contribution in [2.24, 2.45) is 10.7 Å². The summed E-state index contributed by atoms with van der Waals surface area (Å²) in [5, 5.41) is 3.36. The van der Waals surface area contributed by atoms with E-state index in [-0.39, 0.29) is 6.61 Å². The number of primary amides is 1. The van der Waals surface area contributed by atoms with Gasteiger partial charge in [-0.15, -0.1) is 0 Å². The molecule has 1 rings (SSSR count). The molecule has 0 bridgehead atoms. The highest BCUT2D eigenvalue weighted by molar-refractivity contribution is 5.79. The maximum Gasteiger partial charge on any atom is 0.255 e. The van der Waals surface area contributed by atoms with Gasteiger partial charge in [0.25, 0.3) is 5.91 Å². The number of carbonyl (C=O) groups excluding carboxylic acids is 1. The number of unbranched alkanes of at least 4 members (excludes halogenated alkanes) is 1. The first-order valence-corrected chi connectivity index (χ1v) is 7.98. The lowest BCUT2D eigenvalue weighted by atomic mass is 10.1. The number of nitrogens with two attached hydrogens (primary N) is 1. The van der Waals surface area contributed by atoms with Gasteiger partial charge in [0.1, 0.15) is 5.75 Å². The standard InChI is InChI=1S/C17H28N4O2/c1-4-5-12-21(3)17(19-2)20-11-10-14-6-8-15(9-7-14)23-13-16(18)22/h6-9H,4-5,10-13H2,1-3H3,(H2,18,22)(H,19,20). The Balaban J connectivity index is 2.38. The van der Waals surface area contributed by atoms with E-state index in [1.54, 1.807) is 7.05 Å². The van der Waals surface area contributed by atoms with E-state index < -0.39 is 5.91 Å². The van der Waals surface area contributed by atoms with Crippen molar-refractivity contribution in [1.29, 1.82) is 0 Å². The van der Waals surface area contributed by atoms with Gasteiger partial charge in [-0.2, -0.15) is 0 Å². The highest BCUT2D eigenvalue weighted by Crippen LogP contribution is 2.12. The van der Waals surface area contributed by atoms with Crippen LogP contribution in [0.2, 0.25) is 0 Å². The van der Waals surface area contributed by atoms with Gasteiger partial charge in [0.2, 0.25) is 0 Å². The number of guanidine groups is 1. The molecule has 0 spiro atoms. The van der Waals surface area contributed by atoms with E-state index in [9.17, 15) is 4.79 Å². The number of benzene rings is 1. The number of rotatable bonds is 9. The second-order valence-corrected chi connectivity index (χ2v) is 5.40. The number of carbonyl (C=O) groups is 1. The lowest BCUT2D eigenvalue weighted by Gasteiger charge is -2.21. The van der Waals surface area contributed by atoms with Gasteiger partial charge < -0.3 is 20.7 Å². The summed E-state index contributed by atoms with van der Waals surface area (Å²) < 4.78 is 5.24. The van der Waals surface area contributed by atoms with Gasteiger partial charge in [-0.1, -0.05) is 25.5 Å². The Morgan fingerprint density at radius 3 is 2.61 bits per heavy atom. The van der Waals surface area contributed by atoms with Gasteiger partial charge in [-0.25, -0.2) is 0 Å². The van der Waals surface area contributed by atoms with Crippen LogP contribution in [0.3, 0.4) is 0 Å². The van der Waals surface area contributed by atoms with Crippen LogP contribution in [0.1, 0.15) is 25.3 Å². The van der Waals surface area contributed by atoms with Gasteiger partial charge in [0.05, 0.1) is 0 Å². The van der Waals surface area contributed by atoms with E-state index >= 15 is 0 Å².